The maximum absolute atomic E-state index is 13.3. The molecule has 0 radical (unpaired) electrons. The van der Waals surface area contributed by atoms with Crippen molar-refractivity contribution in [3.05, 3.63) is 29.3 Å². The Hall–Kier alpha value is -1.09. The van der Waals surface area contributed by atoms with Gasteiger partial charge in [-0.05, 0) is 24.5 Å². The van der Waals surface area contributed by atoms with Crippen LogP contribution in [0.15, 0.2) is 18.2 Å². The van der Waals surface area contributed by atoms with E-state index in [-0.39, 0.29) is 5.41 Å². The van der Waals surface area contributed by atoms with E-state index in [0.717, 1.165) is 18.4 Å². The van der Waals surface area contributed by atoms with Crippen molar-refractivity contribution in [2.24, 2.45) is 5.73 Å². The van der Waals surface area contributed by atoms with E-state index in [1.165, 1.54) is 12.8 Å². The topological polar surface area (TPSA) is 35.2 Å². The Morgan fingerprint density at radius 1 is 1.35 bits per heavy atom. The van der Waals surface area contributed by atoms with Gasteiger partial charge in [0.15, 0.2) is 0 Å². The fourth-order valence-electron chi connectivity index (χ4n) is 3.03. The molecule has 94 valence electrons. The van der Waals surface area contributed by atoms with E-state index < -0.39 is 6.67 Å². The Balaban J connectivity index is 2.49. The van der Waals surface area contributed by atoms with Gasteiger partial charge in [0.25, 0.3) is 0 Å². The lowest BCUT2D eigenvalue weighted by molar-refractivity contribution is 0.380. The van der Waals surface area contributed by atoms with Gasteiger partial charge in [0.1, 0.15) is 12.4 Å². The second-order valence-electron chi connectivity index (χ2n) is 4.81. The molecule has 0 amide bonds. The van der Waals surface area contributed by atoms with Crippen molar-refractivity contribution < 1.29 is 9.13 Å². The Labute approximate surface area is 102 Å². The summed E-state index contributed by atoms with van der Waals surface area (Å²) in [7, 11) is 1.59. The lowest BCUT2D eigenvalue weighted by atomic mass is 9.76. The lowest BCUT2D eigenvalue weighted by Crippen LogP contribution is -2.33. The first kappa shape index (κ1) is 12.4. The molecule has 1 aromatic carbocycles. The molecule has 1 aliphatic rings. The Morgan fingerprint density at radius 3 is 2.59 bits per heavy atom. The highest BCUT2D eigenvalue weighted by Crippen LogP contribution is 2.43. The van der Waals surface area contributed by atoms with Crippen molar-refractivity contribution in [1.29, 1.82) is 0 Å². The minimum atomic E-state index is -0.485. The van der Waals surface area contributed by atoms with Crippen LogP contribution in [0.5, 0.6) is 5.75 Å². The second-order valence-corrected chi connectivity index (χ2v) is 4.81. The molecule has 2 rings (SSSR count). The zero-order valence-electron chi connectivity index (χ0n) is 10.3. The summed E-state index contributed by atoms with van der Waals surface area (Å²) in [6, 6.07) is 5.76. The van der Waals surface area contributed by atoms with Crippen LogP contribution in [0.3, 0.4) is 0 Å². The summed E-state index contributed by atoms with van der Waals surface area (Å²) >= 11 is 0. The van der Waals surface area contributed by atoms with Gasteiger partial charge in [-0.15, -0.1) is 0 Å². The number of alkyl halides is 1. The SMILES string of the molecule is COc1cccc(C2(CN)CCCC2)c1CF. The minimum absolute atomic E-state index is 0.0318. The highest BCUT2D eigenvalue weighted by Gasteiger charge is 2.36. The first-order valence-corrected chi connectivity index (χ1v) is 6.20. The van der Waals surface area contributed by atoms with E-state index in [1.807, 2.05) is 18.2 Å². The molecule has 0 saturated heterocycles. The van der Waals surface area contributed by atoms with Gasteiger partial charge in [0.2, 0.25) is 0 Å². The molecule has 2 nitrogen and oxygen atoms in total. The van der Waals surface area contributed by atoms with Crippen LogP contribution in [0.25, 0.3) is 0 Å². The number of hydrogen-bond donors (Lipinski definition) is 1. The Kier molecular flexibility index (Phi) is 3.67. The molecule has 0 atom stereocenters. The number of ether oxygens (including phenoxy) is 1. The summed E-state index contributed by atoms with van der Waals surface area (Å²) in [6.07, 6.45) is 4.48. The van der Waals surface area contributed by atoms with E-state index in [1.54, 1.807) is 7.11 Å². The van der Waals surface area contributed by atoms with Crippen molar-refractivity contribution in [3.8, 4) is 5.75 Å². The van der Waals surface area contributed by atoms with E-state index in [0.29, 0.717) is 17.9 Å². The van der Waals surface area contributed by atoms with Gasteiger partial charge < -0.3 is 10.5 Å². The fraction of sp³-hybridized carbons (Fsp3) is 0.571. The summed E-state index contributed by atoms with van der Waals surface area (Å²) in [5.41, 5.74) is 7.66. The van der Waals surface area contributed by atoms with Crippen molar-refractivity contribution in [3.63, 3.8) is 0 Å². The largest absolute Gasteiger partial charge is 0.496 e. The summed E-state index contributed by atoms with van der Waals surface area (Å²) in [4.78, 5) is 0. The third kappa shape index (κ3) is 2.04. The fourth-order valence-corrected chi connectivity index (χ4v) is 3.03. The van der Waals surface area contributed by atoms with Crippen LogP contribution < -0.4 is 10.5 Å². The number of hydrogen-bond acceptors (Lipinski definition) is 2. The highest BCUT2D eigenvalue weighted by atomic mass is 19.1. The average Bonchev–Trinajstić information content (AvgIpc) is 2.87. The van der Waals surface area contributed by atoms with Gasteiger partial charge >= 0.3 is 0 Å². The van der Waals surface area contributed by atoms with E-state index in [2.05, 4.69) is 0 Å². The van der Waals surface area contributed by atoms with Crippen LogP contribution in [-0.4, -0.2) is 13.7 Å². The monoisotopic (exact) mass is 237 g/mol. The molecule has 1 saturated carbocycles. The molecule has 17 heavy (non-hydrogen) atoms. The maximum Gasteiger partial charge on any atom is 0.124 e. The summed E-state index contributed by atoms with van der Waals surface area (Å²) in [5.74, 6) is 0.643. The molecule has 0 aliphatic heterocycles. The molecule has 3 heteroatoms. The highest BCUT2D eigenvalue weighted by molar-refractivity contribution is 5.44. The summed E-state index contributed by atoms with van der Waals surface area (Å²) in [5, 5.41) is 0. The smallest absolute Gasteiger partial charge is 0.124 e. The lowest BCUT2D eigenvalue weighted by Gasteiger charge is -2.30. The summed E-state index contributed by atoms with van der Waals surface area (Å²) < 4.78 is 18.5. The molecule has 0 heterocycles. The van der Waals surface area contributed by atoms with E-state index in [4.69, 9.17) is 10.5 Å². The van der Waals surface area contributed by atoms with Gasteiger partial charge in [-0.25, -0.2) is 4.39 Å². The molecular weight excluding hydrogens is 217 g/mol. The first-order valence-electron chi connectivity index (χ1n) is 6.20. The third-order valence-electron chi connectivity index (χ3n) is 4.01. The van der Waals surface area contributed by atoms with Crippen LogP contribution >= 0.6 is 0 Å². The zero-order valence-corrected chi connectivity index (χ0v) is 10.3. The van der Waals surface area contributed by atoms with E-state index in [9.17, 15) is 4.39 Å². The van der Waals surface area contributed by atoms with Crippen LogP contribution in [-0.2, 0) is 12.1 Å². The molecule has 1 fully saturated rings. The van der Waals surface area contributed by atoms with E-state index >= 15 is 0 Å². The van der Waals surface area contributed by atoms with Crippen molar-refractivity contribution in [2.45, 2.75) is 37.8 Å². The van der Waals surface area contributed by atoms with Crippen LogP contribution in [0, 0.1) is 0 Å². The third-order valence-corrected chi connectivity index (χ3v) is 4.01. The predicted octanol–water partition coefficient (Wildman–Crippen LogP) is 2.94. The van der Waals surface area contributed by atoms with Gasteiger partial charge in [-0.1, -0.05) is 25.0 Å². The van der Waals surface area contributed by atoms with Crippen LogP contribution in [0.4, 0.5) is 4.39 Å². The number of halogens is 1. The van der Waals surface area contributed by atoms with Gasteiger partial charge in [0.05, 0.1) is 7.11 Å². The quantitative estimate of drug-likeness (QED) is 0.873. The Morgan fingerprint density at radius 2 is 2.06 bits per heavy atom. The number of benzene rings is 1. The molecule has 0 bridgehead atoms. The summed E-state index contributed by atoms with van der Waals surface area (Å²) in [6.45, 7) is 0.105. The van der Waals surface area contributed by atoms with Crippen molar-refractivity contribution in [1.82, 2.24) is 0 Å². The van der Waals surface area contributed by atoms with Gasteiger partial charge in [-0.2, -0.15) is 0 Å². The minimum Gasteiger partial charge on any atom is -0.496 e. The maximum atomic E-state index is 13.3. The average molecular weight is 237 g/mol. The van der Waals surface area contributed by atoms with Gasteiger partial charge in [-0.3, -0.25) is 0 Å². The van der Waals surface area contributed by atoms with Gasteiger partial charge in [0, 0.05) is 17.5 Å². The molecule has 1 aromatic rings. The molecule has 0 spiro atoms. The van der Waals surface area contributed by atoms with Crippen LogP contribution in [0.2, 0.25) is 0 Å². The van der Waals surface area contributed by atoms with Crippen molar-refractivity contribution in [2.75, 3.05) is 13.7 Å². The molecular formula is C14H20FNO. The number of methoxy groups -OCH3 is 1. The first-order chi connectivity index (χ1) is 8.27. The zero-order chi connectivity index (χ0) is 12.3. The molecule has 1 aliphatic carbocycles. The molecule has 0 unspecified atom stereocenters. The normalized spacial score (nSPS) is 18.3. The Bertz CT molecular complexity index is 386. The second kappa shape index (κ2) is 5.05. The van der Waals surface area contributed by atoms with Crippen LogP contribution in [0.1, 0.15) is 36.8 Å². The predicted molar refractivity (Wildman–Crippen MR) is 67.0 cm³/mol. The van der Waals surface area contributed by atoms with Crippen molar-refractivity contribution >= 4 is 0 Å². The standard InChI is InChI=1S/C14H20FNO/c1-17-13-6-4-5-12(11(13)9-15)14(10-16)7-2-3-8-14/h4-6H,2-3,7-10,16H2,1H3. The molecule has 0 aromatic heterocycles. The molecule has 2 N–H and O–H groups in total. The number of rotatable bonds is 4. The number of nitrogens with two attached hydrogens (primary N) is 1.